The van der Waals surface area contributed by atoms with E-state index in [0.29, 0.717) is 24.0 Å². The van der Waals surface area contributed by atoms with Crippen LogP contribution in [0.15, 0.2) is 60.8 Å². The van der Waals surface area contributed by atoms with Crippen LogP contribution in [0.4, 0.5) is 0 Å². The molecule has 15 nitrogen and oxygen atoms in total. The summed E-state index contributed by atoms with van der Waals surface area (Å²) >= 11 is 0. The number of nitrogens with zero attached hydrogens (tertiary/aromatic N) is 1. The van der Waals surface area contributed by atoms with Crippen molar-refractivity contribution in [3.05, 3.63) is 71.9 Å². The Bertz CT molecular complexity index is 1690. The van der Waals surface area contributed by atoms with E-state index in [9.17, 15) is 43.8 Å². The third-order valence-corrected chi connectivity index (χ3v) is 8.38. The zero-order valence-electron chi connectivity index (χ0n) is 28.2. The monoisotopic (exact) mass is 692 g/mol. The Balaban J connectivity index is 1.88. The minimum absolute atomic E-state index is 0.0239. The van der Waals surface area contributed by atoms with Gasteiger partial charge in [-0.2, -0.15) is 0 Å². The number of H-pyrrole nitrogens is 1. The fourth-order valence-corrected chi connectivity index (χ4v) is 5.42. The van der Waals surface area contributed by atoms with Crippen LogP contribution < -0.4 is 21.7 Å². The Kier molecular flexibility index (Phi) is 14.1. The van der Waals surface area contributed by atoms with Gasteiger partial charge in [0.1, 0.15) is 30.1 Å². The Morgan fingerprint density at radius 3 is 2.06 bits per heavy atom. The first-order valence-electron chi connectivity index (χ1n) is 16.2. The first kappa shape index (κ1) is 38.7. The molecule has 15 heteroatoms. The number of carbonyl (C=O) groups is 7. The predicted molar refractivity (Wildman–Crippen MR) is 182 cm³/mol. The average molecular weight is 693 g/mol. The standard InChI is InChI=1S/C35H44N6O9/c1-4-5-15-28(33(47)39-26(18-29(42)43)32(46)38-25(30(36)44)16-21-11-7-6-8-12-21)41(3)34(48)27(40-31(45)20(2)35(49)50)17-22-19-37-24-14-10-9-13-23(22)24/h6-14,19-20,25-28,37H,4-5,15-18H2,1-3H3,(H2,36,44)(H,38,46)(H,39,47)(H,40,45)(H,42,43)(H,49,50)/t20?,25-,26-,27-,28-/m0/s1. The number of carbonyl (C=O) groups excluding carboxylic acids is 5. The molecule has 0 spiro atoms. The molecule has 0 aliphatic rings. The van der Waals surface area contributed by atoms with Gasteiger partial charge in [-0.1, -0.05) is 68.3 Å². The molecule has 0 bridgehead atoms. The van der Waals surface area contributed by atoms with Crippen LogP contribution in [0.25, 0.3) is 10.9 Å². The molecule has 1 heterocycles. The summed E-state index contributed by atoms with van der Waals surface area (Å²) in [5.41, 5.74) is 7.64. The van der Waals surface area contributed by atoms with E-state index in [1.807, 2.05) is 25.1 Å². The van der Waals surface area contributed by atoms with Crippen molar-refractivity contribution in [2.24, 2.45) is 11.7 Å². The molecule has 268 valence electrons. The Morgan fingerprint density at radius 1 is 0.820 bits per heavy atom. The van der Waals surface area contributed by atoms with E-state index in [0.717, 1.165) is 15.8 Å². The number of amides is 5. The summed E-state index contributed by atoms with van der Waals surface area (Å²) in [6, 6.07) is 10.6. The quantitative estimate of drug-likeness (QED) is 0.0889. The highest BCUT2D eigenvalue weighted by Gasteiger charge is 2.36. The molecule has 8 N–H and O–H groups in total. The number of para-hydroxylation sites is 1. The number of fused-ring (bicyclic) bond motifs is 1. The Hall–Kier alpha value is -5.73. The lowest BCUT2D eigenvalue weighted by Gasteiger charge is -2.32. The largest absolute Gasteiger partial charge is 0.481 e. The second kappa shape index (κ2) is 18.1. The van der Waals surface area contributed by atoms with E-state index in [4.69, 9.17) is 5.73 Å². The molecule has 50 heavy (non-hydrogen) atoms. The summed E-state index contributed by atoms with van der Waals surface area (Å²) in [4.78, 5) is 93.8. The zero-order valence-corrected chi connectivity index (χ0v) is 28.2. The van der Waals surface area contributed by atoms with Crippen molar-refractivity contribution in [2.75, 3.05) is 7.05 Å². The summed E-state index contributed by atoms with van der Waals surface area (Å²) < 4.78 is 0. The smallest absolute Gasteiger partial charge is 0.315 e. The van der Waals surface area contributed by atoms with Gasteiger partial charge >= 0.3 is 11.9 Å². The van der Waals surface area contributed by atoms with Gasteiger partial charge in [-0.05, 0) is 30.5 Å². The van der Waals surface area contributed by atoms with Crippen molar-refractivity contribution in [1.29, 1.82) is 0 Å². The van der Waals surface area contributed by atoms with Gasteiger partial charge in [-0.25, -0.2) is 0 Å². The lowest BCUT2D eigenvalue weighted by atomic mass is 10.0. The highest BCUT2D eigenvalue weighted by Crippen LogP contribution is 2.21. The topological polar surface area (TPSA) is 241 Å². The van der Waals surface area contributed by atoms with Crippen LogP contribution in [0.5, 0.6) is 0 Å². The number of nitrogens with one attached hydrogen (secondary N) is 4. The maximum absolute atomic E-state index is 14.1. The van der Waals surface area contributed by atoms with Crippen LogP contribution in [0.2, 0.25) is 0 Å². The van der Waals surface area contributed by atoms with Crippen molar-refractivity contribution < 1.29 is 43.8 Å². The lowest BCUT2D eigenvalue weighted by Crippen LogP contribution is -2.59. The van der Waals surface area contributed by atoms with E-state index in [1.165, 1.54) is 14.0 Å². The normalized spacial score (nSPS) is 14.0. The van der Waals surface area contributed by atoms with E-state index >= 15 is 0 Å². The van der Waals surface area contributed by atoms with Gasteiger partial charge in [-0.15, -0.1) is 0 Å². The summed E-state index contributed by atoms with van der Waals surface area (Å²) in [5.74, 6) is -8.56. The number of benzene rings is 2. The number of carboxylic acids is 2. The fourth-order valence-electron chi connectivity index (χ4n) is 5.42. The van der Waals surface area contributed by atoms with Crippen LogP contribution in [0, 0.1) is 5.92 Å². The maximum Gasteiger partial charge on any atom is 0.315 e. The van der Waals surface area contributed by atoms with Gasteiger partial charge in [0.25, 0.3) is 0 Å². The van der Waals surface area contributed by atoms with Crippen molar-refractivity contribution in [3.8, 4) is 0 Å². The van der Waals surface area contributed by atoms with E-state index in [-0.39, 0.29) is 19.3 Å². The van der Waals surface area contributed by atoms with Gasteiger partial charge in [0.05, 0.1) is 6.42 Å². The second-order valence-corrected chi connectivity index (χ2v) is 12.1. The third-order valence-electron chi connectivity index (χ3n) is 8.38. The minimum Gasteiger partial charge on any atom is -0.481 e. The molecule has 2 aromatic carbocycles. The number of nitrogens with two attached hydrogens (primary N) is 1. The molecule has 0 radical (unpaired) electrons. The first-order valence-corrected chi connectivity index (χ1v) is 16.2. The number of aromatic amines is 1. The molecule has 1 aromatic heterocycles. The van der Waals surface area contributed by atoms with Gasteiger partial charge in [0, 0.05) is 37.0 Å². The first-order chi connectivity index (χ1) is 23.7. The van der Waals surface area contributed by atoms with Gasteiger partial charge in [0.2, 0.25) is 29.5 Å². The highest BCUT2D eigenvalue weighted by atomic mass is 16.4. The summed E-state index contributed by atoms with van der Waals surface area (Å²) in [6.07, 6.45) is 2.01. The number of hydrogen-bond donors (Lipinski definition) is 7. The molecular formula is C35H44N6O9. The highest BCUT2D eigenvalue weighted by molar-refractivity contribution is 6.00. The molecule has 0 saturated carbocycles. The van der Waals surface area contributed by atoms with Crippen LogP contribution in [-0.4, -0.2) is 92.8 Å². The van der Waals surface area contributed by atoms with E-state index in [1.54, 1.807) is 42.6 Å². The van der Waals surface area contributed by atoms with Crippen molar-refractivity contribution in [1.82, 2.24) is 25.8 Å². The zero-order chi connectivity index (χ0) is 37.0. The maximum atomic E-state index is 14.1. The molecule has 3 rings (SSSR count). The van der Waals surface area contributed by atoms with Crippen LogP contribution in [-0.2, 0) is 46.4 Å². The number of aliphatic carboxylic acids is 2. The molecule has 5 amide bonds. The van der Waals surface area contributed by atoms with Gasteiger partial charge in [-0.3, -0.25) is 33.6 Å². The number of unbranched alkanes of at least 4 members (excludes halogenated alkanes) is 1. The predicted octanol–water partition coefficient (Wildman–Crippen LogP) is 1.11. The molecule has 3 aromatic rings. The van der Waals surface area contributed by atoms with E-state index in [2.05, 4.69) is 20.9 Å². The van der Waals surface area contributed by atoms with Crippen molar-refractivity contribution in [3.63, 3.8) is 0 Å². The molecular weight excluding hydrogens is 648 g/mol. The number of aromatic nitrogens is 1. The third kappa shape index (κ3) is 10.6. The average Bonchev–Trinajstić information content (AvgIpc) is 3.49. The minimum atomic E-state index is -1.64. The SMILES string of the molecule is CCCC[C@@H](C(=O)N[C@@H](CC(=O)O)C(=O)N[C@@H](Cc1ccccc1)C(N)=O)N(C)C(=O)[C@H](Cc1c[nH]c2ccccc12)NC(=O)C(C)C(=O)O. The fraction of sp³-hybridized carbons (Fsp3) is 0.400. The second-order valence-electron chi connectivity index (χ2n) is 12.1. The Morgan fingerprint density at radius 2 is 1.44 bits per heavy atom. The number of primary amides is 1. The van der Waals surface area contributed by atoms with Crippen LogP contribution in [0.3, 0.4) is 0 Å². The molecule has 0 aliphatic carbocycles. The van der Waals surface area contributed by atoms with Crippen LogP contribution >= 0.6 is 0 Å². The number of rotatable bonds is 19. The molecule has 5 atom stereocenters. The molecule has 0 saturated heterocycles. The molecule has 0 aliphatic heterocycles. The molecule has 1 unspecified atom stereocenters. The van der Waals surface area contributed by atoms with Crippen LogP contribution in [0.1, 0.15) is 50.7 Å². The summed E-state index contributed by atoms with van der Waals surface area (Å²) in [7, 11) is 1.34. The van der Waals surface area contributed by atoms with Crippen molar-refractivity contribution >= 4 is 52.4 Å². The van der Waals surface area contributed by atoms with Gasteiger partial charge < -0.3 is 41.8 Å². The van der Waals surface area contributed by atoms with Gasteiger partial charge in [0.15, 0.2) is 0 Å². The summed E-state index contributed by atoms with van der Waals surface area (Å²) in [5, 5.41) is 27.1. The van der Waals surface area contributed by atoms with Crippen molar-refractivity contribution in [2.45, 2.75) is 76.5 Å². The number of hydrogen-bond acceptors (Lipinski definition) is 7. The molecule has 0 fully saturated rings. The Labute approximate surface area is 289 Å². The number of likely N-dealkylation sites (N-methyl/N-ethyl adjacent to an activating group) is 1. The number of carboxylic acid groups (broad SMARTS) is 2. The summed E-state index contributed by atoms with van der Waals surface area (Å²) in [6.45, 7) is 3.05. The van der Waals surface area contributed by atoms with E-state index < -0.39 is 78.0 Å². The lowest BCUT2D eigenvalue weighted by molar-refractivity contribution is -0.148.